The monoisotopic (exact) mass is 285 g/mol. The predicted octanol–water partition coefficient (Wildman–Crippen LogP) is 2.73. The lowest BCUT2D eigenvalue weighted by Gasteiger charge is -2.16. The third kappa shape index (κ3) is 5.24. The molecule has 1 aliphatic carbocycles. The Kier molecular flexibility index (Phi) is 5.83. The summed E-state index contributed by atoms with van der Waals surface area (Å²) in [6, 6.07) is 7.60. The Morgan fingerprint density at radius 3 is 2.67 bits per heavy atom. The van der Waals surface area contributed by atoms with Gasteiger partial charge >= 0.3 is 0 Å². The molecular weight excluding hydrogens is 262 g/mol. The van der Waals surface area contributed by atoms with Crippen LogP contribution in [0.2, 0.25) is 0 Å². The number of carbonyl (C=O) groups excluding carboxylic acids is 1. The van der Waals surface area contributed by atoms with E-state index in [1.807, 2.05) is 24.3 Å². The molecule has 3 heteroatoms. The minimum atomic E-state index is -0.00244. The summed E-state index contributed by atoms with van der Waals surface area (Å²) in [5.74, 6) is 6.64. The van der Waals surface area contributed by atoms with Crippen LogP contribution in [0.3, 0.4) is 0 Å². The highest BCUT2D eigenvalue weighted by atomic mass is 16.2. The van der Waals surface area contributed by atoms with E-state index in [2.05, 4.69) is 24.1 Å². The predicted molar refractivity (Wildman–Crippen MR) is 83.9 cm³/mol. The third-order valence-corrected chi connectivity index (χ3v) is 3.76. The summed E-state index contributed by atoms with van der Waals surface area (Å²) in [7, 11) is 0. The summed E-state index contributed by atoms with van der Waals surface area (Å²) < 4.78 is 0. The second-order valence-corrected chi connectivity index (χ2v) is 5.61. The number of aliphatic hydroxyl groups is 1. The minimum absolute atomic E-state index is 0.00244. The number of nitrogens with one attached hydrogen (secondary N) is 1. The molecule has 1 aliphatic rings. The SMILES string of the molecule is CCC(CC1CC1)NC(=O)c1ccc(C#CCCO)cc1. The number of hydrogen-bond donors (Lipinski definition) is 2. The first-order chi connectivity index (χ1) is 10.2. The van der Waals surface area contributed by atoms with Crippen LogP contribution in [-0.4, -0.2) is 23.7 Å². The molecule has 0 spiro atoms. The smallest absolute Gasteiger partial charge is 0.251 e. The Bertz CT molecular complexity index is 520. The zero-order chi connectivity index (χ0) is 15.1. The fourth-order valence-corrected chi connectivity index (χ4v) is 2.28. The van der Waals surface area contributed by atoms with Gasteiger partial charge in [-0.05, 0) is 43.0 Å². The average molecular weight is 285 g/mol. The molecule has 0 aliphatic heterocycles. The first-order valence-corrected chi connectivity index (χ1v) is 7.73. The highest BCUT2D eigenvalue weighted by Crippen LogP contribution is 2.34. The standard InChI is InChI=1S/C18H23NO2/c1-2-17(13-15-6-7-15)19-18(21)16-10-8-14(9-11-16)5-3-4-12-20/h8-11,15,17,20H,2,4,6-7,12-13H2,1H3,(H,19,21). The maximum Gasteiger partial charge on any atom is 0.251 e. The summed E-state index contributed by atoms with van der Waals surface area (Å²) in [6.07, 6.45) is 5.18. The molecule has 1 aromatic carbocycles. The van der Waals surface area contributed by atoms with Gasteiger partial charge in [0, 0.05) is 23.6 Å². The van der Waals surface area contributed by atoms with E-state index in [9.17, 15) is 4.79 Å². The number of rotatable bonds is 6. The van der Waals surface area contributed by atoms with Crippen molar-refractivity contribution in [1.29, 1.82) is 0 Å². The molecule has 0 aromatic heterocycles. The van der Waals surface area contributed by atoms with E-state index in [4.69, 9.17) is 5.11 Å². The lowest BCUT2D eigenvalue weighted by Crippen LogP contribution is -2.34. The Morgan fingerprint density at radius 2 is 2.10 bits per heavy atom. The number of hydrogen-bond acceptors (Lipinski definition) is 2. The van der Waals surface area contributed by atoms with E-state index in [1.165, 1.54) is 12.8 Å². The van der Waals surface area contributed by atoms with Gasteiger partial charge in [0.1, 0.15) is 0 Å². The van der Waals surface area contributed by atoms with E-state index in [-0.39, 0.29) is 18.6 Å². The maximum absolute atomic E-state index is 12.2. The zero-order valence-electron chi connectivity index (χ0n) is 12.6. The van der Waals surface area contributed by atoms with E-state index >= 15 is 0 Å². The van der Waals surface area contributed by atoms with Gasteiger partial charge in [-0.15, -0.1) is 0 Å². The summed E-state index contributed by atoms with van der Waals surface area (Å²) in [5.41, 5.74) is 1.54. The molecule has 112 valence electrons. The van der Waals surface area contributed by atoms with Crippen LogP contribution in [0.15, 0.2) is 24.3 Å². The summed E-state index contributed by atoms with van der Waals surface area (Å²) >= 11 is 0. The maximum atomic E-state index is 12.2. The van der Waals surface area contributed by atoms with Gasteiger partial charge in [-0.1, -0.05) is 31.6 Å². The fraction of sp³-hybridized carbons (Fsp3) is 0.500. The number of aliphatic hydroxyl groups excluding tert-OH is 1. The first kappa shape index (κ1) is 15.6. The molecule has 21 heavy (non-hydrogen) atoms. The Labute approximate surface area is 126 Å². The average Bonchev–Trinajstić information content (AvgIpc) is 3.31. The second-order valence-electron chi connectivity index (χ2n) is 5.61. The summed E-state index contributed by atoms with van der Waals surface area (Å²) in [6.45, 7) is 2.19. The lowest BCUT2D eigenvalue weighted by atomic mass is 10.1. The van der Waals surface area contributed by atoms with Crippen LogP contribution in [0.1, 0.15) is 54.9 Å². The molecule has 3 nitrogen and oxygen atoms in total. The van der Waals surface area contributed by atoms with Crippen molar-refractivity contribution in [2.75, 3.05) is 6.61 Å². The Hall–Kier alpha value is -1.79. The van der Waals surface area contributed by atoms with E-state index in [0.717, 1.165) is 24.3 Å². The van der Waals surface area contributed by atoms with Gasteiger partial charge in [0.15, 0.2) is 0 Å². The number of carbonyl (C=O) groups is 1. The number of benzene rings is 1. The van der Waals surface area contributed by atoms with Gasteiger partial charge < -0.3 is 10.4 Å². The normalized spacial score (nSPS) is 15.0. The van der Waals surface area contributed by atoms with Crippen LogP contribution in [0, 0.1) is 17.8 Å². The van der Waals surface area contributed by atoms with Gasteiger partial charge in [0.2, 0.25) is 0 Å². The van der Waals surface area contributed by atoms with Gasteiger partial charge in [-0.2, -0.15) is 0 Å². The molecule has 0 saturated heterocycles. The largest absolute Gasteiger partial charge is 0.395 e. The van der Waals surface area contributed by atoms with Gasteiger partial charge in [-0.25, -0.2) is 0 Å². The minimum Gasteiger partial charge on any atom is -0.395 e. The van der Waals surface area contributed by atoms with Crippen molar-refractivity contribution >= 4 is 5.91 Å². The molecular formula is C18H23NO2. The Morgan fingerprint density at radius 1 is 1.38 bits per heavy atom. The van der Waals surface area contributed by atoms with Crippen molar-refractivity contribution in [2.45, 2.75) is 45.1 Å². The van der Waals surface area contributed by atoms with Crippen molar-refractivity contribution in [2.24, 2.45) is 5.92 Å². The topological polar surface area (TPSA) is 49.3 Å². The summed E-state index contributed by atoms with van der Waals surface area (Å²) in [5, 5.41) is 11.8. The van der Waals surface area contributed by atoms with Crippen LogP contribution in [0.5, 0.6) is 0 Å². The first-order valence-electron chi connectivity index (χ1n) is 7.73. The molecule has 0 heterocycles. The van der Waals surface area contributed by atoms with Crippen LogP contribution in [0.4, 0.5) is 0 Å². The van der Waals surface area contributed by atoms with Crippen LogP contribution in [-0.2, 0) is 0 Å². The lowest BCUT2D eigenvalue weighted by molar-refractivity contribution is 0.0932. The Balaban J connectivity index is 1.91. The van der Waals surface area contributed by atoms with E-state index in [0.29, 0.717) is 12.0 Å². The second kappa shape index (κ2) is 7.85. The molecule has 1 atom stereocenters. The third-order valence-electron chi connectivity index (χ3n) is 3.76. The summed E-state index contributed by atoms with van der Waals surface area (Å²) in [4.78, 5) is 12.2. The molecule has 1 unspecified atom stereocenters. The van der Waals surface area contributed by atoms with Crippen molar-refractivity contribution in [3.63, 3.8) is 0 Å². The van der Waals surface area contributed by atoms with Crippen LogP contribution >= 0.6 is 0 Å². The fourth-order valence-electron chi connectivity index (χ4n) is 2.28. The molecule has 0 bridgehead atoms. The number of amides is 1. The molecule has 1 amide bonds. The molecule has 1 fully saturated rings. The van der Waals surface area contributed by atoms with Gasteiger partial charge in [0.25, 0.3) is 5.91 Å². The van der Waals surface area contributed by atoms with Crippen LogP contribution in [0.25, 0.3) is 0 Å². The highest BCUT2D eigenvalue weighted by Gasteiger charge is 2.25. The van der Waals surface area contributed by atoms with Crippen molar-refractivity contribution in [3.8, 4) is 11.8 Å². The molecule has 1 aromatic rings. The molecule has 1 saturated carbocycles. The van der Waals surface area contributed by atoms with Crippen molar-refractivity contribution in [3.05, 3.63) is 35.4 Å². The molecule has 2 rings (SSSR count). The molecule has 2 N–H and O–H groups in total. The molecule has 0 radical (unpaired) electrons. The highest BCUT2D eigenvalue weighted by molar-refractivity contribution is 5.94. The van der Waals surface area contributed by atoms with Gasteiger partial charge in [-0.3, -0.25) is 4.79 Å². The van der Waals surface area contributed by atoms with Crippen molar-refractivity contribution in [1.82, 2.24) is 5.32 Å². The van der Waals surface area contributed by atoms with Crippen LogP contribution < -0.4 is 5.32 Å². The van der Waals surface area contributed by atoms with Crippen molar-refractivity contribution < 1.29 is 9.90 Å². The van der Waals surface area contributed by atoms with E-state index in [1.54, 1.807) is 0 Å². The van der Waals surface area contributed by atoms with Gasteiger partial charge in [0.05, 0.1) is 6.61 Å². The quantitative estimate of drug-likeness (QED) is 0.790. The zero-order valence-corrected chi connectivity index (χ0v) is 12.6. The van der Waals surface area contributed by atoms with E-state index < -0.39 is 0 Å².